The second kappa shape index (κ2) is 4.75. The van der Waals surface area contributed by atoms with Crippen molar-refractivity contribution in [2.24, 2.45) is 12.8 Å². The molecule has 3 rings (SSSR count). The second-order valence-electron chi connectivity index (χ2n) is 4.63. The van der Waals surface area contributed by atoms with Gasteiger partial charge in [0.05, 0.1) is 28.0 Å². The van der Waals surface area contributed by atoms with Gasteiger partial charge in [-0.25, -0.2) is 0 Å². The van der Waals surface area contributed by atoms with Gasteiger partial charge in [0, 0.05) is 18.6 Å². The van der Waals surface area contributed by atoms with Gasteiger partial charge < -0.3 is 5.73 Å². The van der Waals surface area contributed by atoms with E-state index >= 15 is 0 Å². The molecule has 0 saturated heterocycles. The molecule has 0 unspecified atom stereocenters. The molecular weight excluding hydrogens is 290 g/mol. The van der Waals surface area contributed by atoms with Crippen LogP contribution in [-0.4, -0.2) is 20.3 Å². The van der Waals surface area contributed by atoms with Crippen LogP contribution in [0.25, 0.3) is 16.6 Å². The lowest BCUT2D eigenvalue weighted by Crippen LogP contribution is -2.28. The molecule has 0 bridgehead atoms. The number of rotatable bonds is 2. The number of benzene rings is 1. The zero-order valence-electron chi connectivity index (χ0n) is 11.2. The highest BCUT2D eigenvalue weighted by molar-refractivity contribution is 6.30. The number of aryl methyl sites for hydroxylation is 1. The van der Waals surface area contributed by atoms with E-state index in [-0.39, 0.29) is 11.1 Å². The number of hydrogen-bond acceptors (Lipinski definition) is 3. The normalized spacial score (nSPS) is 11.0. The Kier molecular flexibility index (Phi) is 3.03. The van der Waals surface area contributed by atoms with Crippen LogP contribution in [0, 0.1) is 5.41 Å². The summed E-state index contributed by atoms with van der Waals surface area (Å²) in [5, 5.41) is 13.6. The van der Waals surface area contributed by atoms with Crippen molar-refractivity contribution >= 4 is 28.4 Å². The van der Waals surface area contributed by atoms with Gasteiger partial charge in [-0.3, -0.25) is 19.5 Å². The van der Waals surface area contributed by atoms with E-state index in [1.54, 1.807) is 17.1 Å². The molecular formula is C14H12ClN5O. The smallest absolute Gasteiger partial charge is 0.252 e. The fraction of sp³-hybridized carbons (Fsp3) is 0.0714. The Hall–Kier alpha value is -2.60. The maximum Gasteiger partial charge on any atom is 0.252 e. The predicted molar refractivity (Wildman–Crippen MR) is 79.4 cm³/mol. The summed E-state index contributed by atoms with van der Waals surface area (Å²) >= 11 is 6.04. The van der Waals surface area contributed by atoms with Gasteiger partial charge in [0.1, 0.15) is 5.49 Å². The number of hydrogen-bond donors (Lipinski definition) is 2. The van der Waals surface area contributed by atoms with Gasteiger partial charge in [0.15, 0.2) is 0 Å². The average Bonchev–Trinajstić information content (AvgIpc) is 2.83. The van der Waals surface area contributed by atoms with Crippen LogP contribution >= 0.6 is 11.6 Å². The van der Waals surface area contributed by atoms with E-state index in [4.69, 9.17) is 22.7 Å². The number of nitrogens with zero attached hydrogens (tertiary/aromatic N) is 3. The first kappa shape index (κ1) is 13.4. The number of aromatic nitrogens is 3. The number of nitrogens with one attached hydrogen (secondary N) is 1. The topological polar surface area (TPSA) is 89.7 Å². The molecule has 0 atom stereocenters. The van der Waals surface area contributed by atoms with Crippen molar-refractivity contribution in [2.45, 2.75) is 0 Å². The molecule has 0 radical (unpaired) electrons. The fourth-order valence-electron chi connectivity index (χ4n) is 2.31. The van der Waals surface area contributed by atoms with E-state index < -0.39 is 5.91 Å². The van der Waals surface area contributed by atoms with E-state index in [0.717, 1.165) is 16.6 Å². The molecule has 3 N–H and O–H groups in total. The zero-order chi connectivity index (χ0) is 15.1. The Morgan fingerprint density at radius 2 is 2.19 bits per heavy atom. The van der Waals surface area contributed by atoms with Crippen LogP contribution in [0.3, 0.4) is 0 Å². The summed E-state index contributed by atoms with van der Waals surface area (Å²) in [5.41, 5.74) is 7.00. The minimum atomic E-state index is -0.686. The van der Waals surface area contributed by atoms with Crippen LogP contribution in [0.2, 0.25) is 5.02 Å². The van der Waals surface area contributed by atoms with Gasteiger partial charge in [0.25, 0.3) is 5.91 Å². The van der Waals surface area contributed by atoms with Gasteiger partial charge >= 0.3 is 0 Å². The van der Waals surface area contributed by atoms with Gasteiger partial charge in [-0.15, -0.1) is 0 Å². The van der Waals surface area contributed by atoms with E-state index in [0.29, 0.717) is 5.02 Å². The molecule has 0 aliphatic rings. The molecule has 2 heterocycles. The van der Waals surface area contributed by atoms with Crippen LogP contribution in [0.4, 0.5) is 0 Å². The van der Waals surface area contributed by atoms with Crippen molar-refractivity contribution in [2.75, 3.05) is 0 Å². The summed E-state index contributed by atoms with van der Waals surface area (Å²) in [6, 6.07) is 7.02. The van der Waals surface area contributed by atoms with Crippen molar-refractivity contribution in [1.29, 1.82) is 5.41 Å². The first-order chi connectivity index (χ1) is 9.99. The van der Waals surface area contributed by atoms with E-state index in [9.17, 15) is 4.79 Å². The molecule has 0 saturated carbocycles. The number of carbonyl (C=O) groups excluding carboxylic acids is 1. The Bertz CT molecular complexity index is 925. The van der Waals surface area contributed by atoms with Crippen molar-refractivity contribution in [3.63, 3.8) is 0 Å². The lowest BCUT2D eigenvalue weighted by Gasteiger charge is -2.11. The maximum absolute atomic E-state index is 11.4. The molecule has 21 heavy (non-hydrogen) atoms. The summed E-state index contributed by atoms with van der Waals surface area (Å²) in [7, 11) is 1.84. The number of amides is 1. The first-order valence-electron chi connectivity index (χ1n) is 6.16. The molecule has 7 heteroatoms. The lowest BCUT2D eigenvalue weighted by atomic mass is 10.2. The van der Waals surface area contributed by atoms with Crippen LogP contribution < -0.4 is 11.2 Å². The molecule has 1 amide bonds. The molecule has 0 spiro atoms. The maximum atomic E-state index is 11.4. The largest absolute Gasteiger partial charge is 0.365 e. The fourth-order valence-corrected chi connectivity index (χ4v) is 2.52. The van der Waals surface area contributed by atoms with E-state index in [1.807, 2.05) is 25.2 Å². The van der Waals surface area contributed by atoms with Gasteiger partial charge in [-0.2, -0.15) is 5.10 Å². The monoisotopic (exact) mass is 301 g/mol. The molecule has 1 aromatic carbocycles. The summed E-state index contributed by atoms with van der Waals surface area (Å²) in [5.74, 6) is -0.686. The molecule has 0 aliphatic carbocycles. The van der Waals surface area contributed by atoms with Crippen LogP contribution in [-0.2, 0) is 7.05 Å². The van der Waals surface area contributed by atoms with Gasteiger partial charge in [-0.1, -0.05) is 17.7 Å². The molecule has 3 aromatic rings. The van der Waals surface area contributed by atoms with Gasteiger partial charge in [-0.05, 0) is 18.2 Å². The van der Waals surface area contributed by atoms with Crippen LogP contribution in [0.5, 0.6) is 0 Å². The number of fused-ring (bicyclic) bond motifs is 1. The molecule has 6 nitrogen and oxygen atoms in total. The van der Waals surface area contributed by atoms with Crippen molar-refractivity contribution in [1.82, 2.24) is 14.3 Å². The predicted octanol–water partition coefficient (Wildman–Crippen LogP) is 1.60. The SMILES string of the molecule is Cn1ncc2c(-n3cc(Cl)cc(C(N)=O)c3=N)cccc21. The molecule has 106 valence electrons. The lowest BCUT2D eigenvalue weighted by molar-refractivity contribution is 0.0998. The third kappa shape index (κ3) is 2.09. The highest BCUT2D eigenvalue weighted by Crippen LogP contribution is 2.21. The third-order valence-corrected chi connectivity index (χ3v) is 3.53. The highest BCUT2D eigenvalue weighted by Gasteiger charge is 2.12. The van der Waals surface area contributed by atoms with Crippen LogP contribution in [0.1, 0.15) is 10.4 Å². The number of carbonyl (C=O) groups is 1. The Morgan fingerprint density at radius 3 is 2.90 bits per heavy atom. The molecule has 2 aromatic heterocycles. The number of pyridine rings is 1. The standard InChI is InChI=1S/C14H12ClN5O/c1-19-11-3-2-4-12(10(11)6-18-19)20-7-8(15)5-9(13(20)16)14(17)21/h2-7,16H,1H3,(H2,17,21). The third-order valence-electron chi connectivity index (χ3n) is 3.32. The minimum absolute atomic E-state index is 0.0109. The Balaban J connectivity index is 2.38. The summed E-state index contributed by atoms with van der Waals surface area (Å²) in [6.07, 6.45) is 3.29. The Labute approximate surface area is 124 Å². The molecule has 0 aliphatic heterocycles. The first-order valence-corrected chi connectivity index (χ1v) is 6.54. The van der Waals surface area contributed by atoms with E-state index in [1.165, 1.54) is 10.6 Å². The molecule has 0 fully saturated rings. The average molecular weight is 302 g/mol. The van der Waals surface area contributed by atoms with E-state index in [2.05, 4.69) is 5.10 Å². The number of nitrogens with two attached hydrogens (primary N) is 1. The quantitative estimate of drug-likeness (QED) is 0.752. The zero-order valence-corrected chi connectivity index (χ0v) is 11.9. The minimum Gasteiger partial charge on any atom is -0.365 e. The van der Waals surface area contributed by atoms with Crippen molar-refractivity contribution < 1.29 is 4.79 Å². The second-order valence-corrected chi connectivity index (χ2v) is 5.07. The number of halogens is 1. The van der Waals surface area contributed by atoms with Crippen molar-refractivity contribution in [3.05, 3.63) is 52.7 Å². The Morgan fingerprint density at radius 1 is 1.43 bits per heavy atom. The van der Waals surface area contributed by atoms with Gasteiger partial charge in [0.2, 0.25) is 0 Å². The highest BCUT2D eigenvalue weighted by atomic mass is 35.5. The summed E-state index contributed by atoms with van der Waals surface area (Å²) in [6.45, 7) is 0. The number of primary amides is 1. The van der Waals surface area contributed by atoms with Crippen LogP contribution in [0.15, 0.2) is 36.7 Å². The summed E-state index contributed by atoms with van der Waals surface area (Å²) < 4.78 is 3.27. The summed E-state index contributed by atoms with van der Waals surface area (Å²) in [4.78, 5) is 11.4. The van der Waals surface area contributed by atoms with Crippen molar-refractivity contribution in [3.8, 4) is 5.69 Å².